The zero-order chi connectivity index (χ0) is 16.2. The number of carbonyl (C=O) groups is 1. The molecule has 116 valence electrons. The molecule has 0 aliphatic heterocycles. The van der Waals surface area contributed by atoms with Crippen molar-refractivity contribution in [3.8, 4) is 0 Å². The fourth-order valence-electron chi connectivity index (χ4n) is 2.21. The Morgan fingerprint density at radius 3 is 2.78 bits per heavy atom. The summed E-state index contributed by atoms with van der Waals surface area (Å²) in [5.74, 6) is -0.551. The van der Waals surface area contributed by atoms with E-state index in [9.17, 15) is 9.90 Å². The van der Waals surface area contributed by atoms with Crippen LogP contribution in [0.25, 0.3) is 5.76 Å². The summed E-state index contributed by atoms with van der Waals surface area (Å²) >= 11 is 0. The van der Waals surface area contributed by atoms with Gasteiger partial charge in [-0.1, -0.05) is 29.8 Å². The molecule has 2 heterocycles. The molecule has 6 heteroatoms. The van der Waals surface area contributed by atoms with E-state index in [1.54, 1.807) is 6.26 Å². The summed E-state index contributed by atoms with van der Waals surface area (Å²) in [6.45, 7) is 2.02. The van der Waals surface area contributed by atoms with E-state index in [1.807, 2.05) is 31.2 Å². The minimum Gasteiger partial charge on any atom is -0.507 e. The van der Waals surface area contributed by atoms with E-state index in [-0.39, 0.29) is 11.6 Å². The number of H-pyrrole nitrogens is 1. The Kier molecular flexibility index (Phi) is 4.05. The molecule has 0 spiro atoms. The maximum atomic E-state index is 11.9. The molecular formula is C17H15N3O3. The van der Waals surface area contributed by atoms with Gasteiger partial charge >= 0.3 is 0 Å². The first-order valence-electron chi connectivity index (χ1n) is 7.05. The van der Waals surface area contributed by atoms with Crippen LogP contribution in [0.2, 0.25) is 0 Å². The number of allylic oxidation sites excluding steroid dienone is 1. The zero-order valence-corrected chi connectivity index (χ0v) is 12.5. The minimum absolute atomic E-state index is 0.0696. The summed E-state index contributed by atoms with van der Waals surface area (Å²) in [5.41, 5.74) is 3.56. The molecule has 0 fully saturated rings. The van der Waals surface area contributed by atoms with Gasteiger partial charge in [0.2, 0.25) is 5.78 Å². The van der Waals surface area contributed by atoms with E-state index in [0.29, 0.717) is 12.0 Å². The van der Waals surface area contributed by atoms with Gasteiger partial charge in [-0.15, -0.1) is 0 Å². The highest BCUT2D eigenvalue weighted by molar-refractivity contribution is 6.05. The molecule has 0 radical (unpaired) electrons. The van der Waals surface area contributed by atoms with Gasteiger partial charge in [-0.05, 0) is 12.5 Å². The topological polar surface area (TPSA) is 92.0 Å². The van der Waals surface area contributed by atoms with Gasteiger partial charge in [0, 0.05) is 18.1 Å². The van der Waals surface area contributed by atoms with Crippen molar-refractivity contribution in [3.05, 3.63) is 77.3 Å². The van der Waals surface area contributed by atoms with Crippen LogP contribution >= 0.6 is 0 Å². The highest BCUT2D eigenvalue weighted by atomic mass is 16.3. The molecule has 1 aromatic carbocycles. The second kappa shape index (κ2) is 6.31. The van der Waals surface area contributed by atoms with Crippen molar-refractivity contribution in [2.75, 3.05) is 0 Å². The third-order valence-electron chi connectivity index (χ3n) is 3.45. The SMILES string of the molecule is Cc1ccc(Cc2cocc2C(O)=CC(=O)c2ncn[nH]2)cc1. The smallest absolute Gasteiger partial charge is 0.226 e. The summed E-state index contributed by atoms with van der Waals surface area (Å²) < 4.78 is 5.19. The minimum atomic E-state index is -0.456. The second-order valence-corrected chi connectivity index (χ2v) is 5.20. The van der Waals surface area contributed by atoms with Gasteiger partial charge in [-0.25, -0.2) is 4.98 Å². The van der Waals surface area contributed by atoms with Crippen LogP contribution in [0, 0.1) is 6.92 Å². The quantitative estimate of drug-likeness (QED) is 0.429. The standard InChI is InChI=1S/C17H15N3O3/c1-11-2-4-12(5-3-11)6-13-8-23-9-14(13)15(21)7-16(22)17-18-10-19-20-17/h2-5,7-10,21H,6H2,1H3,(H,18,19,20). The van der Waals surface area contributed by atoms with Crippen LogP contribution in [-0.2, 0) is 6.42 Å². The molecule has 0 aliphatic carbocycles. The van der Waals surface area contributed by atoms with E-state index < -0.39 is 5.78 Å². The van der Waals surface area contributed by atoms with Crippen LogP contribution in [-0.4, -0.2) is 26.1 Å². The second-order valence-electron chi connectivity index (χ2n) is 5.20. The van der Waals surface area contributed by atoms with Gasteiger partial charge in [0.25, 0.3) is 0 Å². The molecule has 0 saturated heterocycles. The van der Waals surface area contributed by atoms with Crippen molar-refractivity contribution in [2.24, 2.45) is 0 Å². The fraction of sp³-hybridized carbons (Fsp3) is 0.118. The lowest BCUT2D eigenvalue weighted by Gasteiger charge is -2.03. The number of hydrogen-bond acceptors (Lipinski definition) is 5. The number of aryl methyl sites for hydroxylation is 1. The lowest BCUT2D eigenvalue weighted by Crippen LogP contribution is -2.00. The third kappa shape index (κ3) is 3.37. The van der Waals surface area contributed by atoms with Crippen molar-refractivity contribution < 1.29 is 14.3 Å². The molecule has 0 amide bonds. The van der Waals surface area contributed by atoms with Gasteiger partial charge in [0.1, 0.15) is 18.3 Å². The van der Waals surface area contributed by atoms with E-state index >= 15 is 0 Å². The summed E-state index contributed by atoms with van der Waals surface area (Å²) in [7, 11) is 0. The summed E-state index contributed by atoms with van der Waals surface area (Å²) in [4.78, 5) is 15.7. The number of aromatic amines is 1. The van der Waals surface area contributed by atoms with Crippen LogP contribution in [0.3, 0.4) is 0 Å². The van der Waals surface area contributed by atoms with Crippen LogP contribution in [0.5, 0.6) is 0 Å². The number of aliphatic hydroxyl groups is 1. The molecule has 2 aromatic heterocycles. The highest BCUT2D eigenvalue weighted by Crippen LogP contribution is 2.22. The molecule has 0 unspecified atom stereocenters. The maximum Gasteiger partial charge on any atom is 0.226 e. The molecule has 2 N–H and O–H groups in total. The highest BCUT2D eigenvalue weighted by Gasteiger charge is 2.14. The zero-order valence-electron chi connectivity index (χ0n) is 12.5. The van der Waals surface area contributed by atoms with Crippen molar-refractivity contribution in [2.45, 2.75) is 13.3 Å². The van der Waals surface area contributed by atoms with Gasteiger partial charge in [-0.2, -0.15) is 5.10 Å². The van der Waals surface area contributed by atoms with E-state index in [2.05, 4.69) is 15.2 Å². The van der Waals surface area contributed by atoms with Gasteiger partial charge in [0.15, 0.2) is 5.82 Å². The van der Waals surface area contributed by atoms with Crippen LogP contribution < -0.4 is 0 Å². The van der Waals surface area contributed by atoms with Crippen LogP contribution in [0.4, 0.5) is 0 Å². The van der Waals surface area contributed by atoms with E-state index in [0.717, 1.165) is 17.2 Å². The molecule has 0 atom stereocenters. The summed E-state index contributed by atoms with van der Waals surface area (Å²) in [5, 5.41) is 16.3. The number of hydrogen-bond donors (Lipinski definition) is 2. The number of carbonyl (C=O) groups excluding carboxylic acids is 1. The summed E-state index contributed by atoms with van der Waals surface area (Å²) in [6.07, 6.45) is 5.92. The predicted molar refractivity (Wildman–Crippen MR) is 84.0 cm³/mol. The average molecular weight is 309 g/mol. The Labute approximate surface area is 132 Å². The Morgan fingerprint density at radius 1 is 1.30 bits per heavy atom. The number of nitrogens with zero attached hydrogens (tertiary/aromatic N) is 2. The lowest BCUT2D eigenvalue weighted by atomic mass is 10.0. The van der Waals surface area contributed by atoms with Crippen molar-refractivity contribution in [1.82, 2.24) is 15.2 Å². The molecule has 0 saturated carbocycles. The molecule has 0 aliphatic rings. The normalized spacial score (nSPS) is 11.6. The molecule has 0 bridgehead atoms. The first kappa shape index (κ1) is 14.8. The number of ketones is 1. The van der Waals surface area contributed by atoms with E-state index in [1.165, 1.54) is 18.2 Å². The first-order chi connectivity index (χ1) is 11.1. The lowest BCUT2D eigenvalue weighted by molar-refractivity contribution is 0.103. The number of aromatic nitrogens is 3. The van der Waals surface area contributed by atoms with Gasteiger partial charge in [0.05, 0.1) is 11.8 Å². The monoisotopic (exact) mass is 309 g/mol. The van der Waals surface area contributed by atoms with Gasteiger partial charge < -0.3 is 9.52 Å². The first-order valence-corrected chi connectivity index (χ1v) is 7.05. The molecule has 3 aromatic rings. The number of nitrogens with one attached hydrogen (secondary N) is 1. The number of aliphatic hydroxyl groups excluding tert-OH is 1. The Hall–Kier alpha value is -3.15. The van der Waals surface area contributed by atoms with Gasteiger partial charge in [-0.3, -0.25) is 9.89 Å². The number of furan rings is 1. The molecule has 6 nitrogen and oxygen atoms in total. The van der Waals surface area contributed by atoms with Crippen molar-refractivity contribution in [3.63, 3.8) is 0 Å². The summed E-state index contributed by atoms with van der Waals surface area (Å²) in [6, 6.07) is 8.09. The molecule has 23 heavy (non-hydrogen) atoms. The average Bonchev–Trinajstić information content (AvgIpc) is 3.20. The predicted octanol–water partition coefficient (Wildman–Crippen LogP) is 3.08. The maximum absolute atomic E-state index is 11.9. The molecule has 3 rings (SSSR count). The number of rotatable bonds is 5. The fourth-order valence-corrected chi connectivity index (χ4v) is 2.21. The van der Waals surface area contributed by atoms with E-state index in [4.69, 9.17) is 4.42 Å². The Balaban J connectivity index is 1.82. The number of benzene rings is 1. The largest absolute Gasteiger partial charge is 0.507 e. The van der Waals surface area contributed by atoms with Crippen molar-refractivity contribution in [1.29, 1.82) is 0 Å². The van der Waals surface area contributed by atoms with Crippen LogP contribution in [0.15, 0.2) is 53.6 Å². The van der Waals surface area contributed by atoms with Crippen LogP contribution in [0.1, 0.15) is 32.9 Å². The van der Waals surface area contributed by atoms with Crippen molar-refractivity contribution >= 4 is 11.5 Å². The Morgan fingerprint density at radius 2 is 2.09 bits per heavy atom. The molecular weight excluding hydrogens is 294 g/mol. The third-order valence-corrected chi connectivity index (χ3v) is 3.45. The Bertz CT molecular complexity index is 830.